The average molecular weight is 1150 g/mol. The standard InChI is InChI=1S/C67H55N9O6S2/c1-80-54-36-34-46(35-37-54)43-81-64(79)60-47(21-20-41-74-42-39-56(68)76-57(74)38-40-69-76)44-83-63-59(62(78)75(60)63)71-61(77)58(73-82-67(51-28-14-5-15-29-51,52-30-16-6-17-31-52)53-32-18-7-19-33-53)55-45-84-65(70-55)72-66(48-22-8-2-9-23-48,49-24-10-3-11-25-49)50-26-12-4-13-27-50/h2-40,42,45,59,63,68H,41,43-44H2,1H3,(H2,70,71,72,77)/p+1/t59-,63+/m1/s1. The topological polar surface area (TPSA) is 179 Å². The summed E-state index contributed by atoms with van der Waals surface area (Å²) in [6, 6.07) is 69.3. The number of oxime groups is 1. The van der Waals surface area contributed by atoms with E-state index in [0.29, 0.717) is 34.6 Å². The number of rotatable bonds is 20. The van der Waals surface area contributed by atoms with Gasteiger partial charge in [-0.3, -0.25) is 14.5 Å². The van der Waals surface area contributed by atoms with Gasteiger partial charge in [-0.1, -0.05) is 215 Å². The summed E-state index contributed by atoms with van der Waals surface area (Å²) in [7, 11) is 1.58. The molecule has 84 heavy (non-hydrogen) atoms. The van der Waals surface area contributed by atoms with Crippen LogP contribution in [0.25, 0.3) is 5.65 Å². The van der Waals surface area contributed by atoms with Gasteiger partial charge < -0.3 is 30.7 Å². The Morgan fingerprint density at radius 3 is 1.83 bits per heavy atom. The number of nitrogens with one attached hydrogen (secondary N) is 2. The Hall–Kier alpha value is -10.1. The van der Waals surface area contributed by atoms with Crippen LogP contribution >= 0.6 is 23.1 Å². The number of carbonyl (C=O) groups excluding carboxylic acids is 3. The van der Waals surface area contributed by atoms with Crippen molar-refractivity contribution in [1.29, 1.82) is 0 Å². The van der Waals surface area contributed by atoms with Crippen molar-refractivity contribution in [2.45, 2.75) is 35.7 Å². The number of nitrogens with two attached hydrogens (primary N) is 1. The van der Waals surface area contributed by atoms with E-state index in [2.05, 4.69) is 52.1 Å². The molecule has 17 heteroatoms. The summed E-state index contributed by atoms with van der Waals surface area (Å²) in [6.07, 6.45) is 7.27. The number of nitrogen functional groups attached to an aromatic ring is 1. The van der Waals surface area contributed by atoms with Gasteiger partial charge in [0.05, 0.1) is 25.6 Å². The summed E-state index contributed by atoms with van der Waals surface area (Å²) in [5, 5.41) is 17.6. The van der Waals surface area contributed by atoms with Gasteiger partial charge in [-0.15, -0.1) is 23.1 Å². The van der Waals surface area contributed by atoms with Gasteiger partial charge >= 0.3 is 11.6 Å². The van der Waals surface area contributed by atoms with Gasteiger partial charge in [0.2, 0.25) is 11.4 Å². The second-order valence-electron chi connectivity index (χ2n) is 19.9. The smallest absolute Gasteiger partial charge is 0.355 e. The number of fused-ring (bicyclic) bond motifs is 2. The Kier molecular flexibility index (Phi) is 15.7. The Labute approximate surface area is 493 Å². The number of thiazole rings is 1. The fourth-order valence-electron chi connectivity index (χ4n) is 10.8. The molecule has 2 aliphatic heterocycles. The van der Waals surface area contributed by atoms with E-state index in [0.717, 1.165) is 44.6 Å². The first-order valence-electron chi connectivity index (χ1n) is 27.2. The zero-order chi connectivity index (χ0) is 57.5. The van der Waals surface area contributed by atoms with Gasteiger partial charge in [-0.05, 0) is 46.0 Å². The highest BCUT2D eigenvalue weighted by molar-refractivity contribution is 8.00. The third-order valence-corrected chi connectivity index (χ3v) is 17.0. The summed E-state index contributed by atoms with van der Waals surface area (Å²) < 4.78 is 14.9. The first kappa shape index (κ1) is 54.5. The maximum atomic E-state index is 15.5. The van der Waals surface area contributed by atoms with Crippen molar-refractivity contribution in [1.82, 2.24) is 24.8 Å². The molecule has 5 heterocycles. The van der Waals surface area contributed by atoms with E-state index in [1.807, 2.05) is 187 Å². The molecule has 4 N–H and O–H groups in total. The van der Waals surface area contributed by atoms with Crippen LogP contribution in [0.2, 0.25) is 0 Å². The number of thioether (sulfide) groups is 1. The van der Waals surface area contributed by atoms with E-state index in [-0.39, 0.29) is 23.7 Å². The maximum Gasteiger partial charge on any atom is 0.355 e. The molecule has 2 aliphatic rings. The lowest BCUT2D eigenvalue weighted by Gasteiger charge is -2.49. The Balaban J connectivity index is 0.918. The molecule has 0 unspecified atom stereocenters. The highest BCUT2D eigenvalue weighted by Crippen LogP contribution is 2.44. The van der Waals surface area contributed by atoms with Crippen molar-refractivity contribution >= 4 is 63.2 Å². The summed E-state index contributed by atoms with van der Waals surface area (Å²) in [5.41, 5.74) is 11.1. The summed E-state index contributed by atoms with van der Waals surface area (Å²) in [5.74, 6) is -0.475. The van der Waals surface area contributed by atoms with E-state index < -0.39 is 40.3 Å². The van der Waals surface area contributed by atoms with Crippen LogP contribution in [0.1, 0.15) is 44.6 Å². The molecular formula is C67H56N9O6S2+. The molecule has 0 radical (unpaired) electrons. The number of allylic oxidation sites excluding steroid dienone is 2. The fourth-order valence-corrected chi connectivity index (χ4v) is 12.8. The van der Waals surface area contributed by atoms with E-state index in [1.165, 1.54) is 28.0 Å². The molecule has 10 aromatic rings. The minimum atomic E-state index is -1.38. The number of aromatic nitrogens is 4. The largest absolute Gasteiger partial charge is 0.497 e. The lowest BCUT2D eigenvalue weighted by molar-refractivity contribution is -0.664. The molecule has 12 rings (SSSR count). The van der Waals surface area contributed by atoms with Gasteiger partial charge in [0.25, 0.3) is 11.8 Å². The summed E-state index contributed by atoms with van der Waals surface area (Å²) in [4.78, 5) is 58.5. The van der Waals surface area contributed by atoms with Gasteiger partial charge in [0.1, 0.15) is 47.2 Å². The van der Waals surface area contributed by atoms with Gasteiger partial charge in [0, 0.05) is 33.9 Å². The highest BCUT2D eigenvalue weighted by Gasteiger charge is 2.55. The molecule has 2 amide bonds. The van der Waals surface area contributed by atoms with Gasteiger partial charge in [-0.25, -0.2) is 14.3 Å². The SMILES string of the molecule is COc1ccc(COC(=O)C2=C(C=CC[n+]3ccc(N)n4nccc43)CS[C@H]3[C@H](NC(=O)C(=NOC(c4ccccc4)(c4ccccc4)c4ccccc4)c4csc(NC(c5ccccc5)(c5ccccc5)c5ccccc5)n4)C(=O)N23)cc1. The van der Waals surface area contributed by atoms with Crippen molar-refractivity contribution in [2.75, 3.05) is 23.9 Å². The summed E-state index contributed by atoms with van der Waals surface area (Å²) in [6.45, 7) is 0.339. The van der Waals surface area contributed by atoms with Gasteiger partial charge in [-0.2, -0.15) is 0 Å². The molecule has 0 aliphatic carbocycles. The van der Waals surface area contributed by atoms with Crippen LogP contribution in [-0.4, -0.2) is 67.3 Å². The normalized spacial score (nSPS) is 15.3. The van der Waals surface area contributed by atoms with Gasteiger partial charge in [0.15, 0.2) is 10.8 Å². The third-order valence-electron chi connectivity index (χ3n) is 14.9. The Bertz CT molecular complexity index is 3860. The number of nitrogens with zero attached hydrogens (tertiary/aromatic N) is 6. The van der Waals surface area contributed by atoms with Crippen LogP contribution in [0.15, 0.2) is 265 Å². The summed E-state index contributed by atoms with van der Waals surface area (Å²) >= 11 is 2.72. The number of ether oxygens (including phenoxy) is 2. The lowest BCUT2D eigenvalue weighted by atomic mass is 9.77. The van der Waals surface area contributed by atoms with E-state index in [9.17, 15) is 9.59 Å². The Morgan fingerprint density at radius 1 is 0.738 bits per heavy atom. The monoisotopic (exact) mass is 1150 g/mol. The predicted molar refractivity (Wildman–Crippen MR) is 326 cm³/mol. The number of carbonyl (C=O) groups is 3. The number of esters is 1. The molecule has 3 aromatic heterocycles. The van der Waals surface area contributed by atoms with Crippen molar-refractivity contribution in [3.05, 3.63) is 304 Å². The third kappa shape index (κ3) is 10.6. The van der Waals surface area contributed by atoms with Crippen molar-refractivity contribution in [3.8, 4) is 5.75 Å². The number of β-lactam (4-membered cyclic amide) rings is 1. The molecule has 0 spiro atoms. The van der Waals surface area contributed by atoms with Crippen molar-refractivity contribution in [2.24, 2.45) is 5.16 Å². The molecular weight excluding hydrogens is 1090 g/mol. The second-order valence-corrected chi connectivity index (χ2v) is 21.8. The van der Waals surface area contributed by atoms with E-state index >= 15 is 4.79 Å². The van der Waals surface area contributed by atoms with Crippen molar-refractivity contribution in [3.63, 3.8) is 0 Å². The molecule has 7 aromatic carbocycles. The fraction of sp³-hybridized carbons (Fsp3) is 0.119. The number of amides is 2. The molecule has 0 bridgehead atoms. The molecule has 1 saturated heterocycles. The number of hydrogen-bond acceptors (Lipinski definition) is 13. The number of methoxy groups -OCH3 is 1. The zero-order valence-corrected chi connectivity index (χ0v) is 47.1. The predicted octanol–water partition coefficient (Wildman–Crippen LogP) is 10.4. The van der Waals surface area contributed by atoms with Crippen molar-refractivity contribution < 1.29 is 33.3 Å². The molecule has 15 nitrogen and oxygen atoms in total. The Morgan fingerprint density at radius 2 is 1.29 bits per heavy atom. The zero-order valence-electron chi connectivity index (χ0n) is 45.5. The number of benzene rings is 7. The van der Waals surface area contributed by atoms with Crippen LogP contribution in [0.3, 0.4) is 0 Å². The van der Waals surface area contributed by atoms with E-state index in [4.69, 9.17) is 30.2 Å². The van der Waals surface area contributed by atoms with Crippen LogP contribution < -0.4 is 25.7 Å². The molecule has 1 fully saturated rings. The first-order valence-corrected chi connectivity index (χ1v) is 29.1. The van der Waals surface area contributed by atoms with Crippen LogP contribution in [0, 0.1) is 0 Å². The quantitative estimate of drug-likeness (QED) is 0.0165. The van der Waals surface area contributed by atoms with Crippen LogP contribution in [0.4, 0.5) is 10.9 Å². The number of anilines is 2. The highest BCUT2D eigenvalue weighted by atomic mass is 32.2. The van der Waals surface area contributed by atoms with Crippen LogP contribution in [-0.2, 0) is 48.2 Å². The number of hydrogen-bond donors (Lipinski definition) is 3. The van der Waals surface area contributed by atoms with E-state index in [1.54, 1.807) is 41.4 Å². The molecule has 0 saturated carbocycles. The van der Waals surface area contributed by atoms with Crippen LogP contribution in [0.5, 0.6) is 5.75 Å². The maximum absolute atomic E-state index is 15.5. The second kappa shape index (κ2) is 24.2. The minimum absolute atomic E-state index is 0.0618. The molecule has 416 valence electrons. The molecule has 2 atom stereocenters. The average Bonchev–Trinajstić information content (AvgIpc) is 1.70. The lowest BCUT2D eigenvalue weighted by Crippen LogP contribution is -2.71. The minimum Gasteiger partial charge on any atom is -0.497 e. The first-order chi connectivity index (χ1) is 41.2.